The van der Waals surface area contributed by atoms with Crippen LogP contribution in [-0.2, 0) is 13.5 Å². The molecule has 0 radical (unpaired) electrons. The van der Waals surface area contributed by atoms with Crippen LogP contribution in [-0.4, -0.2) is 14.5 Å². The second kappa shape index (κ2) is 4.33. The lowest BCUT2D eigenvalue weighted by molar-refractivity contribution is 0.863. The van der Waals surface area contributed by atoms with E-state index in [2.05, 4.69) is 16.0 Å². The highest BCUT2D eigenvalue weighted by molar-refractivity contribution is 6.30. The molecule has 5 heteroatoms. The molecule has 0 amide bonds. The number of hydrogen-bond donors (Lipinski definition) is 0. The molecule has 4 nitrogen and oxygen atoms in total. The molecule has 0 aliphatic carbocycles. The van der Waals surface area contributed by atoms with Crippen molar-refractivity contribution in [2.75, 3.05) is 0 Å². The molecule has 2 aromatic rings. The first kappa shape index (κ1) is 10.7. The number of rotatable bonds is 2. The summed E-state index contributed by atoms with van der Waals surface area (Å²) < 4.78 is 1.83. The van der Waals surface area contributed by atoms with Crippen molar-refractivity contribution < 1.29 is 0 Å². The molecule has 80 valence electrons. The lowest BCUT2D eigenvalue weighted by Gasteiger charge is -2.02. The molecular formula is C11H9ClN4. The van der Waals surface area contributed by atoms with Gasteiger partial charge in [-0.1, -0.05) is 11.6 Å². The van der Waals surface area contributed by atoms with Crippen LogP contribution in [0.5, 0.6) is 0 Å². The summed E-state index contributed by atoms with van der Waals surface area (Å²) in [5, 5.41) is 9.07. The molecule has 2 aromatic heterocycles. The summed E-state index contributed by atoms with van der Waals surface area (Å²) in [5.74, 6) is 0.748. The Bertz CT molecular complexity index is 539. The van der Waals surface area contributed by atoms with Gasteiger partial charge >= 0.3 is 0 Å². The lowest BCUT2D eigenvalue weighted by atomic mass is 10.2. The summed E-state index contributed by atoms with van der Waals surface area (Å²) in [7, 11) is 1.85. The van der Waals surface area contributed by atoms with Gasteiger partial charge in [0.05, 0.1) is 18.2 Å². The Labute approximate surface area is 98.1 Å². The minimum absolute atomic E-state index is 0.257. The Morgan fingerprint density at radius 2 is 2.12 bits per heavy atom. The van der Waals surface area contributed by atoms with Crippen LogP contribution in [0, 0.1) is 11.3 Å². The molecule has 0 atom stereocenters. The van der Waals surface area contributed by atoms with E-state index in [1.54, 1.807) is 12.4 Å². The molecule has 2 rings (SSSR count). The number of nitrogens with zero attached hydrogens (tertiary/aromatic N) is 4. The smallest absolute Gasteiger partial charge is 0.152 e. The maximum Gasteiger partial charge on any atom is 0.152 e. The van der Waals surface area contributed by atoms with Crippen LogP contribution in [0.3, 0.4) is 0 Å². The van der Waals surface area contributed by atoms with Crippen molar-refractivity contribution in [1.82, 2.24) is 14.5 Å². The Kier molecular flexibility index (Phi) is 2.88. The summed E-state index contributed by atoms with van der Waals surface area (Å²) in [6.45, 7) is 0. The number of nitriles is 1. The van der Waals surface area contributed by atoms with Gasteiger partial charge in [-0.2, -0.15) is 5.26 Å². The normalized spacial score (nSPS) is 10.1. The van der Waals surface area contributed by atoms with Crippen molar-refractivity contribution in [3.8, 4) is 17.5 Å². The van der Waals surface area contributed by atoms with Crippen molar-refractivity contribution >= 4 is 11.6 Å². The second-order valence-electron chi connectivity index (χ2n) is 3.30. The fourth-order valence-electron chi connectivity index (χ4n) is 1.52. The first-order valence-electron chi connectivity index (χ1n) is 4.72. The number of pyridine rings is 1. The van der Waals surface area contributed by atoms with Crippen LogP contribution in [0.15, 0.2) is 24.5 Å². The van der Waals surface area contributed by atoms with Crippen molar-refractivity contribution in [2.45, 2.75) is 6.42 Å². The maximum absolute atomic E-state index is 8.69. The van der Waals surface area contributed by atoms with Crippen LogP contribution in [0.4, 0.5) is 0 Å². The third kappa shape index (κ3) is 1.77. The Hall–Kier alpha value is -1.86. The van der Waals surface area contributed by atoms with Crippen molar-refractivity contribution in [3.05, 3.63) is 35.4 Å². The second-order valence-corrected chi connectivity index (χ2v) is 3.66. The predicted molar refractivity (Wildman–Crippen MR) is 60.8 cm³/mol. The molecule has 0 unspecified atom stereocenters. The number of aromatic nitrogens is 3. The van der Waals surface area contributed by atoms with Gasteiger partial charge in [-0.25, -0.2) is 4.98 Å². The Balaban J connectivity index is 2.53. The summed E-state index contributed by atoms with van der Waals surface area (Å²) in [6, 6.07) is 5.78. The highest BCUT2D eigenvalue weighted by atomic mass is 35.5. The highest BCUT2D eigenvalue weighted by Gasteiger charge is 2.13. The average molecular weight is 233 g/mol. The SMILES string of the molecule is Cn1c(-c2ccncc2)nc(Cl)c1CC#N. The van der Waals surface area contributed by atoms with E-state index < -0.39 is 0 Å². The van der Waals surface area contributed by atoms with E-state index in [1.165, 1.54) is 0 Å². The molecule has 0 aliphatic heterocycles. The zero-order valence-corrected chi connectivity index (χ0v) is 9.44. The minimum atomic E-state index is 0.257. The van der Waals surface area contributed by atoms with E-state index in [4.69, 9.17) is 16.9 Å². The van der Waals surface area contributed by atoms with Gasteiger partial charge in [0.1, 0.15) is 5.82 Å². The number of hydrogen-bond acceptors (Lipinski definition) is 3. The van der Waals surface area contributed by atoms with Crippen molar-refractivity contribution in [3.63, 3.8) is 0 Å². The first-order valence-corrected chi connectivity index (χ1v) is 5.10. The van der Waals surface area contributed by atoms with Gasteiger partial charge in [0.15, 0.2) is 5.15 Å². The van der Waals surface area contributed by atoms with Gasteiger partial charge < -0.3 is 4.57 Å². The molecule has 0 aromatic carbocycles. The van der Waals surface area contributed by atoms with Crippen LogP contribution in [0.2, 0.25) is 5.15 Å². The van der Waals surface area contributed by atoms with E-state index in [0.29, 0.717) is 5.15 Å². The van der Waals surface area contributed by atoms with Gasteiger partial charge in [-0.05, 0) is 12.1 Å². The van der Waals surface area contributed by atoms with Crippen LogP contribution in [0.25, 0.3) is 11.4 Å². The Morgan fingerprint density at radius 3 is 2.75 bits per heavy atom. The fraction of sp³-hybridized carbons (Fsp3) is 0.182. The molecule has 0 saturated carbocycles. The standard InChI is InChI=1S/C11H9ClN4/c1-16-9(2-5-13)10(12)15-11(16)8-3-6-14-7-4-8/h3-4,6-7H,2H2,1H3. The van der Waals surface area contributed by atoms with Crippen LogP contribution >= 0.6 is 11.6 Å². The van der Waals surface area contributed by atoms with E-state index in [0.717, 1.165) is 17.1 Å². The van der Waals surface area contributed by atoms with Gasteiger partial charge in [-0.3, -0.25) is 4.98 Å². The molecule has 16 heavy (non-hydrogen) atoms. The minimum Gasteiger partial charge on any atom is -0.329 e. The lowest BCUT2D eigenvalue weighted by Crippen LogP contribution is -1.98. The fourth-order valence-corrected chi connectivity index (χ4v) is 1.80. The van der Waals surface area contributed by atoms with E-state index in [1.807, 2.05) is 23.7 Å². The monoisotopic (exact) mass is 232 g/mol. The summed E-state index contributed by atoms with van der Waals surface area (Å²) >= 11 is 5.98. The molecule has 0 fully saturated rings. The van der Waals surface area contributed by atoms with Crippen molar-refractivity contribution in [2.24, 2.45) is 7.05 Å². The Morgan fingerprint density at radius 1 is 1.44 bits per heavy atom. The first-order chi connectivity index (χ1) is 7.74. The molecule has 0 saturated heterocycles. The number of imidazole rings is 1. The molecule has 0 N–H and O–H groups in total. The van der Waals surface area contributed by atoms with Gasteiger partial charge in [-0.15, -0.1) is 0 Å². The zero-order chi connectivity index (χ0) is 11.5. The average Bonchev–Trinajstić information content (AvgIpc) is 2.59. The third-order valence-corrected chi connectivity index (χ3v) is 2.65. The predicted octanol–water partition coefficient (Wildman–Crippen LogP) is 2.20. The van der Waals surface area contributed by atoms with Crippen LogP contribution < -0.4 is 0 Å². The molecule has 0 spiro atoms. The molecule has 0 bridgehead atoms. The summed E-state index contributed by atoms with van der Waals surface area (Å²) in [6.07, 6.45) is 3.65. The zero-order valence-electron chi connectivity index (χ0n) is 8.68. The van der Waals surface area contributed by atoms with Gasteiger partial charge in [0, 0.05) is 25.0 Å². The largest absolute Gasteiger partial charge is 0.329 e. The topological polar surface area (TPSA) is 54.5 Å². The molecule has 0 aliphatic rings. The van der Waals surface area contributed by atoms with E-state index >= 15 is 0 Å². The van der Waals surface area contributed by atoms with Gasteiger partial charge in [0.2, 0.25) is 0 Å². The quantitative estimate of drug-likeness (QED) is 0.798. The van der Waals surface area contributed by atoms with E-state index in [-0.39, 0.29) is 6.42 Å². The molecular weight excluding hydrogens is 224 g/mol. The highest BCUT2D eigenvalue weighted by Crippen LogP contribution is 2.24. The van der Waals surface area contributed by atoms with E-state index in [9.17, 15) is 0 Å². The van der Waals surface area contributed by atoms with Crippen LogP contribution in [0.1, 0.15) is 5.69 Å². The maximum atomic E-state index is 8.69. The molecule has 2 heterocycles. The number of halogens is 1. The van der Waals surface area contributed by atoms with Gasteiger partial charge in [0.25, 0.3) is 0 Å². The summed E-state index contributed by atoms with van der Waals surface area (Å²) in [5.41, 5.74) is 1.67. The summed E-state index contributed by atoms with van der Waals surface area (Å²) in [4.78, 5) is 8.19. The van der Waals surface area contributed by atoms with Crippen molar-refractivity contribution in [1.29, 1.82) is 5.26 Å². The third-order valence-electron chi connectivity index (χ3n) is 2.35.